The lowest BCUT2D eigenvalue weighted by atomic mass is 9.86. The number of aromatic amines is 1. The second-order valence-corrected chi connectivity index (χ2v) is 11.3. The Hall–Kier alpha value is -3.36. The maximum absolute atomic E-state index is 13.3. The van der Waals surface area contributed by atoms with Crippen LogP contribution in [-0.4, -0.2) is 30.1 Å². The molecule has 4 aromatic rings. The van der Waals surface area contributed by atoms with Crippen molar-refractivity contribution in [1.82, 2.24) is 9.97 Å². The van der Waals surface area contributed by atoms with Crippen LogP contribution in [0, 0.1) is 19.8 Å². The number of H-pyrrole nitrogens is 1. The van der Waals surface area contributed by atoms with Gasteiger partial charge in [-0.2, -0.15) is 0 Å². The molecule has 0 saturated heterocycles. The summed E-state index contributed by atoms with van der Waals surface area (Å²) in [6, 6.07) is 9.98. The third-order valence-corrected chi connectivity index (χ3v) is 8.50. The van der Waals surface area contributed by atoms with Crippen LogP contribution in [0.3, 0.4) is 0 Å². The maximum atomic E-state index is 13.3. The van der Waals surface area contributed by atoms with Crippen molar-refractivity contribution in [1.29, 1.82) is 0 Å². The monoisotopic (exact) mass is 532 g/mol. The Morgan fingerprint density at radius 1 is 1.08 bits per heavy atom. The summed E-state index contributed by atoms with van der Waals surface area (Å²) in [7, 11) is 3.30. The Morgan fingerprint density at radius 3 is 2.55 bits per heavy atom. The van der Waals surface area contributed by atoms with E-state index in [0.29, 0.717) is 34.8 Å². The Balaban J connectivity index is 1.52. The lowest BCUT2D eigenvalue weighted by Crippen LogP contribution is -2.12. The van der Waals surface area contributed by atoms with Gasteiger partial charge in [0.05, 0.1) is 19.9 Å². The van der Waals surface area contributed by atoms with Crippen molar-refractivity contribution >= 4 is 33.3 Å². The SMILES string of the molecule is COc1cc(-c2nc(NC(=O)c3cc4cc(C)cc(C)c4[nH]3)sc2CC2CCCCC2)c(OC)cc1CN. The largest absolute Gasteiger partial charge is 0.496 e. The first-order chi connectivity index (χ1) is 18.4. The normalized spacial score (nSPS) is 14.1. The molecule has 1 aliphatic carbocycles. The molecule has 2 heterocycles. The summed E-state index contributed by atoms with van der Waals surface area (Å²) >= 11 is 1.55. The topological polar surface area (TPSA) is 102 Å². The van der Waals surface area contributed by atoms with Gasteiger partial charge in [-0.05, 0) is 56.0 Å². The van der Waals surface area contributed by atoms with Crippen LogP contribution in [0.1, 0.15) is 64.2 Å². The van der Waals surface area contributed by atoms with E-state index in [-0.39, 0.29) is 5.91 Å². The highest BCUT2D eigenvalue weighted by Crippen LogP contribution is 2.42. The second-order valence-electron chi connectivity index (χ2n) is 10.3. The molecule has 0 atom stereocenters. The van der Waals surface area contributed by atoms with Crippen molar-refractivity contribution in [3.8, 4) is 22.8 Å². The lowest BCUT2D eigenvalue weighted by molar-refractivity contribution is 0.102. The van der Waals surface area contributed by atoms with Crippen LogP contribution in [0.5, 0.6) is 11.5 Å². The van der Waals surface area contributed by atoms with E-state index in [1.807, 2.05) is 18.2 Å². The van der Waals surface area contributed by atoms with Gasteiger partial charge in [0.15, 0.2) is 5.13 Å². The zero-order valence-corrected chi connectivity index (χ0v) is 23.4. The highest BCUT2D eigenvalue weighted by molar-refractivity contribution is 7.16. The molecule has 8 heteroatoms. The number of methoxy groups -OCH3 is 2. The predicted molar refractivity (Wildman–Crippen MR) is 155 cm³/mol. The van der Waals surface area contributed by atoms with Crippen molar-refractivity contribution in [2.24, 2.45) is 11.7 Å². The summed E-state index contributed by atoms with van der Waals surface area (Å²) in [5.74, 6) is 1.81. The Kier molecular flexibility index (Phi) is 7.72. The third-order valence-electron chi connectivity index (χ3n) is 7.51. The van der Waals surface area contributed by atoms with E-state index in [1.54, 1.807) is 25.6 Å². The Labute approximate surface area is 227 Å². The first-order valence-electron chi connectivity index (χ1n) is 13.3. The Morgan fingerprint density at radius 2 is 1.84 bits per heavy atom. The number of rotatable bonds is 8. The highest BCUT2D eigenvalue weighted by atomic mass is 32.1. The van der Waals surface area contributed by atoms with Crippen LogP contribution in [0.2, 0.25) is 0 Å². The number of anilines is 1. The van der Waals surface area contributed by atoms with E-state index in [0.717, 1.165) is 44.6 Å². The number of thiazole rings is 1. The smallest absolute Gasteiger partial charge is 0.273 e. The molecule has 0 bridgehead atoms. The number of aryl methyl sites for hydroxylation is 2. The number of amides is 1. The highest BCUT2D eigenvalue weighted by Gasteiger charge is 2.24. The number of aromatic nitrogens is 2. The average Bonchev–Trinajstić information content (AvgIpc) is 3.52. The number of nitrogens with zero attached hydrogens (tertiary/aromatic N) is 1. The van der Waals surface area contributed by atoms with Crippen LogP contribution in [0.25, 0.3) is 22.2 Å². The molecule has 200 valence electrons. The fourth-order valence-electron chi connectivity index (χ4n) is 5.61. The molecule has 1 fully saturated rings. The molecule has 38 heavy (non-hydrogen) atoms. The molecule has 2 aromatic heterocycles. The summed E-state index contributed by atoms with van der Waals surface area (Å²) in [5.41, 5.74) is 12.3. The molecule has 2 aromatic carbocycles. The Bertz CT molecular complexity index is 1470. The maximum Gasteiger partial charge on any atom is 0.273 e. The van der Waals surface area contributed by atoms with Crippen LogP contribution >= 0.6 is 11.3 Å². The first-order valence-corrected chi connectivity index (χ1v) is 14.1. The van der Waals surface area contributed by atoms with Gasteiger partial charge < -0.3 is 20.2 Å². The quantitative estimate of drug-likeness (QED) is 0.233. The second kappa shape index (κ2) is 11.2. The van der Waals surface area contributed by atoms with Crippen LogP contribution < -0.4 is 20.5 Å². The number of fused-ring (bicyclic) bond motifs is 1. The van der Waals surface area contributed by atoms with Crippen LogP contribution in [0.4, 0.5) is 5.13 Å². The van der Waals surface area contributed by atoms with Gasteiger partial charge in [0.2, 0.25) is 0 Å². The molecular formula is C30H36N4O3S. The van der Waals surface area contributed by atoms with Crippen molar-refractivity contribution in [3.63, 3.8) is 0 Å². The minimum absolute atomic E-state index is 0.203. The minimum atomic E-state index is -0.203. The van der Waals surface area contributed by atoms with E-state index in [2.05, 4.69) is 36.3 Å². The predicted octanol–water partition coefficient (Wildman–Crippen LogP) is 6.76. The minimum Gasteiger partial charge on any atom is -0.496 e. The first kappa shape index (κ1) is 26.3. The fraction of sp³-hybridized carbons (Fsp3) is 0.400. The summed E-state index contributed by atoms with van der Waals surface area (Å²) in [6.45, 7) is 4.46. The molecule has 7 nitrogen and oxygen atoms in total. The van der Waals surface area contributed by atoms with Crippen molar-refractivity contribution < 1.29 is 14.3 Å². The lowest BCUT2D eigenvalue weighted by Gasteiger charge is -2.21. The van der Waals surface area contributed by atoms with Gasteiger partial charge in [-0.15, -0.1) is 11.3 Å². The van der Waals surface area contributed by atoms with Crippen LogP contribution in [0.15, 0.2) is 30.3 Å². The summed E-state index contributed by atoms with van der Waals surface area (Å²) in [4.78, 5) is 22.7. The van der Waals surface area contributed by atoms with E-state index in [1.165, 1.54) is 37.7 Å². The number of hydrogen-bond donors (Lipinski definition) is 3. The summed E-state index contributed by atoms with van der Waals surface area (Å²) in [6.07, 6.45) is 7.22. The van der Waals surface area contributed by atoms with Gasteiger partial charge in [0.25, 0.3) is 5.91 Å². The molecule has 0 unspecified atom stereocenters. The van der Waals surface area contributed by atoms with Crippen molar-refractivity contribution in [2.45, 2.75) is 58.9 Å². The van der Waals surface area contributed by atoms with Gasteiger partial charge in [0, 0.05) is 33.5 Å². The number of carbonyl (C=O) groups excluding carboxylic acids is 1. The number of benzene rings is 2. The number of ether oxygens (including phenoxy) is 2. The number of hydrogen-bond acceptors (Lipinski definition) is 6. The number of nitrogens with one attached hydrogen (secondary N) is 2. The van der Waals surface area contributed by atoms with E-state index in [4.69, 9.17) is 20.2 Å². The molecule has 1 aliphatic rings. The molecule has 5 rings (SSSR count). The van der Waals surface area contributed by atoms with E-state index in [9.17, 15) is 4.79 Å². The number of carbonyl (C=O) groups is 1. The average molecular weight is 533 g/mol. The van der Waals surface area contributed by atoms with Gasteiger partial charge >= 0.3 is 0 Å². The van der Waals surface area contributed by atoms with Crippen LogP contribution in [-0.2, 0) is 13.0 Å². The third kappa shape index (κ3) is 5.28. The fourth-order valence-corrected chi connectivity index (χ4v) is 6.70. The molecule has 0 aliphatic heterocycles. The van der Waals surface area contributed by atoms with Gasteiger partial charge in [-0.25, -0.2) is 4.98 Å². The van der Waals surface area contributed by atoms with Gasteiger partial charge in [-0.1, -0.05) is 43.7 Å². The zero-order chi connectivity index (χ0) is 26.8. The molecular weight excluding hydrogens is 496 g/mol. The van der Waals surface area contributed by atoms with Gasteiger partial charge in [-0.3, -0.25) is 10.1 Å². The standard InChI is InChI=1S/C30H36N4O3S/c1-17-10-18(2)27-20(11-17)13-23(32-27)29(35)34-30-33-28(26(38-30)12-19-8-6-5-7-9-19)22-15-24(36-3)21(16-31)14-25(22)37-4/h10-11,13-15,19,32H,5-9,12,16,31H2,1-4H3,(H,33,34,35). The van der Waals surface area contributed by atoms with Gasteiger partial charge in [0.1, 0.15) is 17.2 Å². The molecule has 4 N–H and O–H groups in total. The number of nitrogens with two attached hydrogens (primary N) is 1. The van der Waals surface area contributed by atoms with E-state index >= 15 is 0 Å². The molecule has 0 spiro atoms. The molecule has 0 radical (unpaired) electrons. The van der Waals surface area contributed by atoms with Crippen molar-refractivity contribution in [3.05, 3.63) is 57.6 Å². The summed E-state index contributed by atoms with van der Waals surface area (Å²) < 4.78 is 11.4. The summed E-state index contributed by atoms with van der Waals surface area (Å²) in [5, 5.41) is 4.66. The van der Waals surface area contributed by atoms with Crippen molar-refractivity contribution in [2.75, 3.05) is 19.5 Å². The molecule has 1 amide bonds. The molecule has 1 saturated carbocycles. The zero-order valence-electron chi connectivity index (χ0n) is 22.6. The van der Waals surface area contributed by atoms with E-state index < -0.39 is 0 Å².